The summed E-state index contributed by atoms with van der Waals surface area (Å²) < 4.78 is 0. The summed E-state index contributed by atoms with van der Waals surface area (Å²) >= 11 is 5.86. The van der Waals surface area contributed by atoms with Gasteiger partial charge >= 0.3 is 0 Å². The zero-order valence-corrected chi connectivity index (χ0v) is 11.0. The van der Waals surface area contributed by atoms with E-state index < -0.39 is 23.8 Å². The molecule has 0 aromatic heterocycles. The first-order valence-electron chi connectivity index (χ1n) is 5.53. The third-order valence-corrected chi connectivity index (χ3v) is 2.63. The molecule has 19 heavy (non-hydrogen) atoms. The Morgan fingerprint density at radius 2 is 1.95 bits per heavy atom. The molecule has 0 heterocycles. The van der Waals surface area contributed by atoms with E-state index in [1.54, 1.807) is 24.3 Å². The number of rotatable bonds is 5. The van der Waals surface area contributed by atoms with Crippen molar-refractivity contribution in [2.24, 2.45) is 5.73 Å². The molecule has 0 bridgehead atoms. The maximum atomic E-state index is 11.9. The van der Waals surface area contributed by atoms with Crippen molar-refractivity contribution in [2.75, 3.05) is 6.54 Å². The van der Waals surface area contributed by atoms with Crippen molar-refractivity contribution in [3.63, 3.8) is 0 Å². The quantitative estimate of drug-likeness (QED) is 0.712. The van der Waals surface area contributed by atoms with Crippen LogP contribution in [0.1, 0.15) is 17.3 Å². The molecule has 0 unspecified atom stereocenters. The number of hydrogen-bond donors (Lipinski definition) is 3. The number of nitrogens with one attached hydrogen (secondary N) is 2. The molecule has 6 nitrogen and oxygen atoms in total. The molecule has 0 saturated heterocycles. The van der Waals surface area contributed by atoms with Crippen molar-refractivity contribution in [3.8, 4) is 0 Å². The van der Waals surface area contributed by atoms with E-state index in [0.717, 1.165) is 0 Å². The number of nitrogens with two attached hydrogens (primary N) is 1. The molecular weight excluding hydrogens is 270 g/mol. The lowest BCUT2D eigenvalue weighted by Gasteiger charge is -2.13. The number of carbonyl (C=O) groups is 3. The van der Waals surface area contributed by atoms with Gasteiger partial charge in [-0.1, -0.05) is 23.7 Å². The van der Waals surface area contributed by atoms with Crippen molar-refractivity contribution in [3.05, 3.63) is 34.9 Å². The summed E-state index contributed by atoms with van der Waals surface area (Å²) in [6.45, 7) is 1.22. The maximum absolute atomic E-state index is 11.9. The first kappa shape index (κ1) is 15.0. The molecule has 0 aliphatic carbocycles. The number of hydrogen-bond acceptors (Lipinski definition) is 3. The van der Waals surface area contributed by atoms with Gasteiger partial charge in [-0.25, -0.2) is 0 Å². The Bertz CT molecular complexity index is 505. The summed E-state index contributed by atoms with van der Waals surface area (Å²) in [5.41, 5.74) is 5.17. The van der Waals surface area contributed by atoms with Crippen LogP contribution < -0.4 is 16.4 Å². The molecular formula is C12H14ClN3O3. The van der Waals surface area contributed by atoms with Crippen molar-refractivity contribution in [1.82, 2.24) is 10.6 Å². The summed E-state index contributed by atoms with van der Waals surface area (Å²) in [5.74, 6) is -1.62. The summed E-state index contributed by atoms with van der Waals surface area (Å²) in [6.07, 6.45) is 0. The highest BCUT2D eigenvalue weighted by Crippen LogP contribution is 2.14. The van der Waals surface area contributed by atoms with E-state index in [1.165, 1.54) is 6.92 Å². The van der Waals surface area contributed by atoms with Crippen molar-refractivity contribution >= 4 is 29.3 Å². The van der Waals surface area contributed by atoms with E-state index in [0.29, 0.717) is 5.02 Å². The van der Waals surface area contributed by atoms with E-state index in [1.807, 2.05) is 0 Å². The third kappa shape index (κ3) is 4.59. The number of amides is 3. The van der Waals surface area contributed by atoms with Gasteiger partial charge in [-0.05, 0) is 19.1 Å². The molecule has 0 spiro atoms. The monoisotopic (exact) mass is 283 g/mol. The van der Waals surface area contributed by atoms with Gasteiger partial charge in [-0.3, -0.25) is 14.4 Å². The maximum Gasteiger partial charge on any atom is 0.253 e. The van der Waals surface area contributed by atoms with E-state index in [9.17, 15) is 14.4 Å². The molecule has 0 aliphatic rings. The largest absolute Gasteiger partial charge is 0.368 e. The van der Waals surface area contributed by atoms with Gasteiger partial charge in [0.2, 0.25) is 11.8 Å². The Morgan fingerprint density at radius 3 is 2.53 bits per heavy atom. The van der Waals surface area contributed by atoms with E-state index in [-0.39, 0.29) is 12.1 Å². The normalized spacial score (nSPS) is 11.5. The molecule has 0 aliphatic heterocycles. The van der Waals surface area contributed by atoms with E-state index >= 15 is 0 Å². The fourth-order valence-corrected chi connectivity index (χ4v) is 1.53. The highest BCUT2D eigenvalue weighted by molar-refractivity contribution is 6.33. The number of primary amides is 1. The minimum Gasteiger partial charge on any atom is -0.368 e. The summed E-state index contributed by atoms with van der Waals surface area (Å²) in [5, 5.41) is 5.06. The van der Waals surface area contributed by atoms with Crippen LogP contribution >= 0.6 is 11.6 Å². The van der Waals surface area contributed by atoms with Crippen LogP contribution in [0.3, 0.4) is 0 Å². The zero-order valence-electron chi connectivity index (χ0n) is 10.3. The number of carbonyl (C=O) groups excluding carboxylic acids is 3. The fourth-order valence-electron chi connectivity index (χ4n) is 1.31. The molecule has 102 valence electrons. The molecule has 0 radical (unpaired) electrons. The van der Waals surface area contributed by atoms with Gasteiger partial charge in [0.25, 0.3) is 5.91 Å². The van der Waals surface area contributed by atoms with Crippen molar-refractivity contribution in [1.29, 1.82) is 0 Å². The minimum atomic E-state index is -0.803. The lowest BCUT2D eigenvalue weighted by Crippen LogP contribution is -2.46. The molecule has 0 saturated carbocycles. The molecule has 3 amide bonds. The molecule has 1 rings (SSSR count). The van der Waals surface area contributed by atoms with Crippen LogP contribution in [0.15, 0.2) is 24.3 Å². The highest BCUT2D eigenvalue weighted by atomic mass is 35.5. The lowest BCUT2D eigenvalue weighted by atomic mass is 10.2. The van der Waals surface area contributed by atoms with Crippen LogP contribution in [0.2, 0.25) is 5.02 Å². The van der Waals surface area contributed by atoms with Gasteiger partial charge in [0.1, 0.15) is 6.04 Å². The van der Waals surface area contributed by atoms with Crippen LogP contribution in [0, 0.1) is 0 Å². The van der Waals surface area contributed by atoms with Crippen molar-refractivity contribution < 1.29 is 14.4 Å². The topological polar surface area (TPSA) is 101 Å². The second-order valence-electron chi connectivity index (χ2n) is 3.86. The Labute approximate surface area is 115 Å². The molecule has 0 fully saturated rings. The van der Waals surface area contributed by atoms with Crippen LogP contribution in [0.5, 0.6) is 0 Å². The van der Waals surface area contributed by atoms with Crippen LogP contribution in [-0.4, -0.2) is 30.3 Å². The van der Waals surface area contributed by atoms with Crippen molar-refractivity contribution in [2.45, 2.75) is 13.0 Å². The van der Waals surface area contributed by atoms with E-state index in [4.69, 9.17) is 17.3 Å². The molecule has 1 atom stereocenters. The second-order valence-corrected chi connectivity index (χ2v) is 4.27. The van der Waals surface area contributed by atoms with Gasteiger partial charge in [0.05, 0.1) is 17.1 Å². The predicted molar refractivity (Wildman–Crippen MR) is 70.6 cm³/mol. The predicted octanol–water partition coefficient (Wildman–Crippen LogP) is 0.0598. The van der Waals surface area contributed by atoms with Crippen LogP contribution in [0.25, 0.3) is 0 Å². The first-order chi connectivity index (χ1) is 8.91. The summed E-state index contributed by atoms with van der Waals surface area (Å²) in [7, 11) is 0. The van der Waals surface area contributed by atoms with Crippen LogP contribution in [0.4, 0.5) is 0 Å². The third-order valence-electron chi connectivity index (χ3n) is 2.30. The zero-order chi connectivity index (χ0) is 14.4. The lowest BCUT2D eigenvalue weighted by molar-refractivity contribution is -0.125. The number of benzene rings is 1. The Hall–Kier alpha value is -2.08. The number of halogens is 1. The molecule has 1 aromatic carbocycles. The summed E-state index contributed by atoms with van der Waals surface area (Å²) in [6, 6.07) is 5.68. The minimum absolute atomic E-state index is 0.273. The molecule has 7 heteroatoms. The Balaban J connectivity index is 2.59. The average Bonchev–Trinajstić information content (AvgIpc) is 2.36. The molecule has 1 aromatic rings. The highest BCUT2D eigenvalue weighted by Gasteiger charge is 2.17. The smallest absolute Gasteiger partial charge is 0.253 e. The average molecular weight is 284 g/mol. The Morgan fingerprint density at radius 1 is 1.32 bits per heavy atom. The first-order valence-corrected chi connectivity index (χ1v) is 5.91. The van der Waals surface area contributed by atoms with Gasteiger partial charge < -0.3 is 16.4 Å². The fraction of sp³-hybridized carbons (Fsp3) is 0.250. The summed E-state index contributed by atoms with van der Waals surface area (Å²) in [4.78, 5) is 33.9. The van der Waals surface area contributed by atoms with Crippen LogP contribution in [-0.2, 0) is 9.59 Å². The van der Waals surface area contributed by atoms with Gasteiger partial charge in [-0.2, -0.15) is 0 Å². The van der Waals surface area contributed by atoms with Gasteiger partial charge in [-0.15, -0.1) is 0 Å². The Kier molecular flexibility index (Phi) is 5.32. The molecule has 4 N–H and O–H groups in total. The van der Waals surface area contributed by atoms with Gasteiger partial charge in [0.15, 0.2) is 0 Å². The van der Waals surface area contributed by atoms with Gasteiger partial charge in [0, 0.05) is 0 Å². The van der Waals surface area contributed by atoms with E-state index in [2.05, 4.69) is 10.6 Å². The SMILES string of the molecule is C[C@H](NC(=O)c1ccccc1Cl)C(=O)NCC(N)=O. The second kappa shape index (κ2) is 6.75. The standard InChI is InChI=1S/C12H14ClN3O3/c1-7(11(18)15-6-10(14)17)16-12(19)8-4-2-3-5-9(8)13/h2-5,7H,6H2,1H3,(H2,14,17)(H,15,18)(H,16,19)/t7-/m0/s1.